The van der Waals surface area contributed by atoms with Crippen LogP contribution in [0.2, 0.25) is 0 Å². The second-order valence-corrected chi connectivity index (χ2v) is 7.23. The molecule has 4 rings (SSSR count). The first-order valence-corrected chi connectivity index (χ1v) is 9.72. The summed E-state index contributed by atoms with van der Waals surface area (Å²) in [5.74, 6) is 2.19. The van der Waals surface area contributed by atoms with Gasteiger partial charge in [-0.3, -0.25) is 4.79 Å². The highest BCUT2D eigenvalue weighted by Crippen LogP contribution is 2.28. The third kappa shape index (κ3) is 3.37. The van der Waals surface area contributed by atoms with Crippen LogP contribution >= 0.6 is 11.8 Å². The largest absolute Gasteiger partial charge is 0.338 e. The summed E-state index contributed by atoms with van der Waals surface area (Å²) in [7, 11) is 0. The molecule has 0 saturated heterocycles. The summed E-state index contributed by atoms with van der Waals surface area (Å²) in [6.07, 6.45) is 0.927. The van der Waals surface area contributed by atoms with E-state index in [1.165, 1.54) is 17.3 Å². The number of benzene rings is 2. The smallest absolute Gasteiger partial charge is 0.237 e. The van der Waals surface area contributed by atoms with E-state index in [0.717, 1.165) is 29.8 Å². The molecule has 26 heavy (non-hydrogen) atoms. The van der Waals surface area contributed by atoms with Crippen LogP contribution in [0.5, 0.6) is 0 Å². The van der Waals surface area contributed by atoms with Crippen molar-refractivity contribution in [3.8, 4) is 11.4 Å². The molecule has 5 nitrogen and oxygen atoms in total. The number of aryl methyl sites for hydroxylation is 1. The van der Waals surface area contributed by atoms with Crippen molar-refractivity contribution in [3.05, 3.63) is 65.5 Å². The van der Waals surface area contributed by atoms with Crippen molar-refractivity contribution in [2.24, 2.45) is 0 Å². The van der Waals surface area contributed by atoms with Gasteiger partial charge in [0.25, 0.3) is 0 Å². The van der Waals surface area contributed by atoms with E-state index in [9.17, 15) is 4.79 Å². The van der Waals surface area contributed by atoms with Gasteiger partial charge in [-0.15, -0.1) is 11.8 Å². The predicted octanol–water partition coefficient (Wildman–Crippen LogP) is 3.87. The number of anilines is 1. The van der Waals surface area contributed by atoms with E-state index in [0.29, 0.717) is 23.2 Å². The highest BCUT2D eigenvalue weighted by Gasteiger charge is 2.24. The molecule has 2 aromatic carbocycles. The Morgan fingerprint density at radius 3 is 2.88 bits per heavy atom. The van der Waals surface area contributed by atoms with E-state index in [2.05, 4.69) is 16.2 Å². The summed E-state index contributed by atoms with van der Waals surface area (Å²) in [6, 6.07) is 16.0. The van der Waals surface area contributed by atoms with Gasteiger partial charge >= 0.3 is 0 Å². The van der Waals surface area contributed by atoms with Crippen molar-refractivity contribution in [1.82, 2.24) is 10.1 Å². The molecule has 1 amide bonds. The highest BCUT2D eigenvalue weighted by molar-refractivity contribution is 7.99. The van der Waals surface area contributed by atoms with Crippen LogP contribution in [0, 0.1) is 6.92 Å². The zero-order valence-electron chi connectivity index (χ0n) is 14.5. The van der Waals surface area contributed by atoms with Crippen molar-refractivity contribution in [2.75, 3.05) is 17.2 Å². The minimum Gasteiger partial charge on any atom is -0.338 e. The normalized spacial score (nSPS) is 13.0. The number of carbonyl (C=O) groups excluding carboxylic acids is 1. The van der Waals surface area contributed by atoms with Crippen LogP contribution in [-0.4, -0.2) is 28.3 Å². The van der Waals surface area contributed by atoms with Crippen LogP contribution in [0.1, 0.15) is 17.0 Å². The van der Waals surface area contributed by atoms with Crippen LogP contribution in [0.25, 0.3) is 11.4 Å². The SMILES string of the molecule is Cc1ccccc1-c1noc(CSCC(=O)N2CCc3ccccc32)n1. The second-order valence-electron chi connectivity index (χ2n) is 6.24. The van der Waals surface area contributed by atoms with Gasteiger partial charge in [0, 0.05) is 17.8 Å². The minimum atomic E-state index is 0.124. The molecule has 0 bridgehead atoms. The maximum absolute atomic E-state index is 12.5. The Labute approximate surface area is 156 Å². The maximum atomic E-state index is 12.5. The van der Waals surface area contributed by atoms with Crippen LogP contribution in [0.3, 0.4) is 0 Å². The van der Waals surface area contributed by atoms with E-state index in [-0.39, 0.29) is 5.91 Å². The van der Waals surface area contributed by atoms with Gasteiger partial charge in [0.1, 0.15) is 0 Å². The van der Waals surface area contributed by atoms with Crippen molar-refractivity contribution in [2.45, 2.75) is 19.1 Å². The van der Waals surface area contributed by atoms with E-state index >= 15 is 0 Å². The molecule has 0 unspecified atom stereocenters. The van der Waals surface area contributed by atoms with Gasteiger partial charge in [-0.05, 0) is 30.5 Å². The van der Waals surface area contributed by atoms with Crippen LogP contribution in [0.15, 0.2) is 53.1 Å². The Balaban J connectivity index is 1.34. The third-order valence-electron chi connectivity index (χ3n) is 4.49. The average Bonchev–Trinajstić information content (AvgIpc) is 3.29. The van der Waals surface area contributed by atoms with Crippen molar-refractivity contribution < 1.29 is 9.32 Å². The summed E-state index contributed by atoms with van der Waals surface area (Å²) < 4.78 is 5.33. The number of aromatic nitrogens is 2. The molecule has 1 aromatic heterocycles. The maximum Gasteiger partial charge on any atom is 0.237 e. The molecular weight excluding hydrogens is 346 g/mol. The Morgan fingerprint density at radius 1 is 1.19 bits per heavy atom. The van der Waals surface area contributed by atoms with Crippen molar-refractivity contribution in [3.63, 3.8) is 0 Å². The number of fused-ring (bicyclic) bond motifs is 1. The molecule has 0 radical (unpaired) electrons. The Morgan fingerprint density at radius 2 is 2.00 bits per heavy atom. The quantitative estimate of drug-likeness (QED) is 0.687. The van der Waals surface area contributed by atoms with Gasteiger partial charge in [0.15, 0.2) is 0 Å². The predicted molar refractivity (Wildman–Crippen MR) is 103 cm³/mol. The number of nitrogens with zero attached hydrogens (tertiary/aromatic N) is 3. The number of amides is 1. The summed E-state index contributed by atoms with van der Waals surface area (Å²) >= 11 is 1.50. The van der Waals surface area contributed by atoms with Crippen molar-refractivity contribution in [1.29, 1.82) is 0 Å². The van der Waals surface area contributed by atoms with Gasteiger partial charge in [0.05, 0.1) is 11.5 Å². The molecule has 0 atom stereocenters. The standard InChI is InChI=1S/C20H19N3O2S/c1-14-6-2-4-8-16(14)20-21-18(25-22-20)12-26-13-19(24)23-11-10-15-7-3-5-9-17(15)23/h2-9H,10-13H2,1H3. The molecule has 132 valence electrons. The third-order valence-corrected chi connectivity index (χ3v) is 5.40. The summed E-state index contributed by atoms with van der Waals surface area (Å²) in [4.78, 5) is 18.8. The zero-order valence-corrected chi connectivity index (χ0v) is 15.3. The van der Waals surface area contributed by atoms with E-state index < -0.39 is 0 Å². The monoisotopic (exact) mass is 365 g/mol. The molecule has 6 heteroatoms. The Kier molecular flexibility index (Phi) is 4.75. The fourth-order valence-corrected chi connectivity index (χ4v) is 3.87. The average molecular weight is 365 g/mol. The fourth-order valence-electron chi connectivity index (χ4n) is 3.15. The summed E-state index contributed by atoms with van der Waals surface area (Å²) in [5, 5.41) is 4.06. The number of hydrogen-bond donors (Lipinski definition) is 0. The lowest BCUT2D eigenvalue weighted by Gasteiger charge is -2.16. The van der Waals surface area contributed by atoms with Gasteiger partial charge < -0.3 is 9.42 Å². The lowest BCUT2D eigenvalue weighted by molar-refractivity contribution is -0.116. The number of rotatable bonds is 5. The van der Waals surface area contributed by atoms with Gasteiger partial charge in [-0.1, -0.05) is 47.6 Å². The van der Waals surface area contributed by atoms with Crippen LogP contribution in [0.4, 0.5) is 5.69 Å². The van der Waals surface area contributed by atoms with E-state index in [4.69, 9.17) is 4.52 Å². The molecule has 1 aliphatic heterocycles. The molecule has 1 aliphatic rings. The lowest BCUT2D eigenvalue weighted by atomic mass is 10.1. The molecule has 0 N–H and O–H groups in total. The molecule has 0 saturated carbocycles. The molecule has 3 aromatic rings. The first-order chi connectivity index (χ1) is 12.7. The molecule has 0 aliphatic carbocycles. The first-order valence-electron chi connectivity index (χ1n) is 8.57. The van der Waals surface area contributed by atoms with Crippen LogP contribution in [-0.2, 0) is 17.0 Å². The molecule has 2 heterocycles. The Hall–Kier alpha value is -2.60. The highest BCUT2D eigenvalue weighted by atomic mass is 32.2. The van der Waals surface area contributed by atoms with Gasteiger partial charge in [-0.25, -0.2) is 0 Å². The van der Waals surface area contributed by atoms with Gasteiger partial charge in [-0.2, -0.15) is 4.98 Å². The fraction of sp³-hybridized carbons (Fsp3) is 0.250. The zero-order chi connectivity index (χ0) is 17.9. The molecular formula is C20H19N3O2S. The minimum absolute atomic E-state index is 0.124. The number of thioether (sulfide) groups is 1. The number of carbonyl (C=O) groups is 1. The van der Waals surface area contributed by atoms with E-state index in [1.54, 1.807) is 0 Å². The first kappa shape index (κ1) is 16.8. The Bertz CT molecular complexity index is 938. The lowest BCUT2D eigenvalue weighted by Crippen LogP contribution is -2.30. The topological polar surface area (TPSA) is 59.2 Å². The summed E-state index contributed by atoms with van der Waals surface area (Å²) in [5.41, 5.74) is 4.36. The second kappa shape index (κ2) is 7.33. The van der Waals surface area contributed by atoms with Crippen molar-refractivity contribution >= 4 is 23.4 Å². The summed E-state index contributed by atoms with van der Waals surface area (Å²) in [6.45, 7) is 2.78. The number of hydrogen-bond acceptors (Lipinski definition) is 5. The van der Waals surface area contributed by atoms with E-state index in [1.807, 2.05) is 54.3 Å². The van der Waals surface area contributed by atoms with Crippen LogP contribution < -0.4 is 4.90 Å². The molecule has 0 fully saturated rings. The molecule has 0 spiro atoms. The number of para-hydroxylation sites is 1. The van der Waals surface area contributed by atoms with Gasteiger partial charge in [0.2, 0.25) is 17.6 Å².